The predicted octanol–water partition coefficient (Wildman–Crippen LogP) is 0.965. The van der Waals surface area contributed by atoms with Crippen molar-refractivity contribution in [2.24, 2.45) is 5.73 Å². The molecule has 3 N–H and O–H groups in total. The molecule has 15 heavy (non-hydrogen) atoms. The normalized spacial score (nSPS) is 9.67. The van der Waals surface area contributed by atoms with Crippen molar-refractivity contribution in [1.29, 1.82) is 0 Å². The van der Waals surface area contributed by atoms with Gasteiger partial charge < -0.3 is 10.8 Å². The van der Waals surface area contributed by atoms with Gasteiger partial charge in [0.05, 0.1) is 0 Å². The van der Waals surface area contributed by atoms with Crippen LogP contribution >= 0.6 is 0 Å². The fraction of sp³-hybridized carbons (Fsp3) is 0.200. The zero-order valence-corrected chi connectivity index (χ0v) is 8.30. The van der Waals surface area contributed by atoms with E-state index in [1.165, 1.54) is 0 Å². The van der Waals surface area contributed by atoms with Crippen LogP contribution in [0.2, 0.25) is 0 Å². The smallest absolute Gasteiger partial charge is 0.323 e. The zero-order valence-electron chi connectivity index (χ0n) is 8.30. The molecule has 1 aromatic rings. The first-order valence-corrected chi connectivity index (χ1v) is 4.36. The Hall–Kier alpha value is -2.04. The summed E-state index contributed by atoms with van der Waals surface area (Å²) in [6.07, 6.45) is 0. The van der Waals surface area contributed by atoms with Crippen LogP contribution in [0.25, 0.3) is 0 Å². The number of carboxylic acids is 1. The summed E-state index contributed by atoms with van der Waals surface area (Å²) in [7, 11) is 0. The SMILES string of the molecule is Cc1ccc(N(CC(=O)O)C(N)=O)cc1. The Morgan fingerprint density at radius 3 is 2.27 bits per heavy atom. The molecule has 1 rings (SSSR count). The van der Waals surface area contributed by atoms with Gasteiger partial charge in [-0.3, -0.25) is 9.69 Å². The summed E-state index contributed by atoms with van der Waals surface area (Å²) >= 11 is 0. The summed E-state index contributed by atoms with van der Waals surface area (Å²) in [5.74, 6) is -1.10. The van der Waals surface area contributed by atoms with Gasteiger partial charge >= 0.3 is 12.0 Å². The van der Waals surface area contributed by atoms with Crippen LogP contribution in [0.3, 0.4) is 0 Å². The Labute approximate surface area is 87.1 Å². The largest absolute Gasteiger partial charge is 0.480 e. The number of anilines is 1. The van der Waals surface area contributed by atoms with E-state index >= 15 is 0 Å². The van der Waals surface area contributed by atoms with Crippen molar-refractivity contribution < 1.29 is 14.7 Å². The highest BCUT2D eigenvalue weighted by molar-refractivity contribution is 5.95. The molecule has 5 heteroatoms. The van der Waals surface area contributed by atoms with Gasteiger partial charge in [-0.2, -0.15) is 0 Å². The number of primary amides is 1. The molecule has 0 bridgehead atoms. The van der Waals surface area contributed by atoms with Crippen LogP contribution in [0.15, 0.2) is 24.3 Å². The number of carboxylic acid groups (broad SMARTS) is 1. The third-order valence-electron chi connectivity index (χ3n) is 1.91. The van der Waals surface area contributed by atoms with E-state index in [0.717, 1.165) is 10.5 Å². The fourth-order valence-electron chi connectivity index (χ4n) is 1.16. The summed E-state index contributed by atoms with van der Waals surface area (Å²) < 4.78 is 0. The van der Waals surface area contributed by atoms with Gasteiger partial charge in [0.25, 0.3) is 0 Å². The van der Waals surface area contributed by atoms with Crippen LogP contribution in [0.5, 0.6) is 0 Å². The number of aliphatic carboxylic acids is 1. The lowest BCUT2D eigenvalue weighted by Gasteiger charge is -2.18. The Morgan fingerprint density at radius 2 is 1.87 bits per heavy atom. The zero-order chi connectivity index (χ0) is 11.4. The van der Waals surface area contributed by atoms with Gasteiger partial charge in [-0.1, -0.05) is 17.7 Å². The average Bonchev–Trinajstić information content (AvgIpc) is 2.15. The van der Waals surface area contributed by atoms with Gasteiger partial charge in [-0.15, -0.1) is 0 Å². The number of hydrogen-bond donors (Lipinski definition) is 2. The molecule has 80 valence electrons. The van der Waals surface area contributed by atoms with Crippen molar-refractivity contribution in [2.45, 2.75) is 6.92 Å². The van der Waals surface area contributed by atoms with Crippen molar-refractivity contribution in [3.63, 3.8) is 0 Å². The van der Waals surface area contributed by atoms with E-state index in [4.69, 9.17) is 10.8 Å². The molecule has 0 aliphatic rings. The second-order valence-electron chi connectivity index (χ2n) is 3.15. The molecule has 0 spiro atoms. The van der Waals surface area contributed by atoms with Crippen LogP contribution in [0, 0.1) is 6.92 Å². The number of amides is 2. The van der Waals surface area contributed by atoms with Crippen LogP contribution < -0.4 is 10.6 Å². The van der Waals surface area contributed by atoms with Crippen LogP contribution in [0.4, 0.5) is 10.5 Å². The van der Waals surface area contributed by atoms with Crippen molar-refractivity contribution in [1.82, 2.24) is 0 Å². The number of carbonyl (C=O) groups excluding carboxylic acids is 1. The molecule has 0 fully saturated rings. The quantitative estimate of drug-likeness (QED) is 0.776. The first-order chi connectivity index (χ1) is 7.00. The van der Waals surface area contributed by atoms with Crippen molar-refractivity contribution in [3.05, 3.63) is 29.8 Å². The third-order valence-corrected chi connectivity index (χ3v) is 1.91. The van der Waals surface area contributed by atoms with E-state index < -0.39 is 18.5 Å². The minimum absolute atomic E-state index is 0.432. The molecule has 2 amide bonds. The Kier molecular flexibility index (Phi) is 3.28. The molecule has 0 saturated carbocycles. The number of urea groups is 1. The number of rotatable bonds is 3. The number of hydrogen-bond acceptors (Lipinski definition) is 2. The molecule has 0 aliphatic heterocycles. The third kappa shape index (κ3) is 2.98. The molecule has 1 aromatic carbocycles. The summed E-state index contributed by atoms with van der Waals surface area (Å²) in [5, 5.41) is 8.60. The van der Waals surface area contributed by atoms with Gasteiger partial charge in [0.1, 0.15) is 6.54 Å². The van der Waals surface area contributed by atoms with E-state index in [0.29, 0.717) is 5.69 Å². The van der Waals surface area contributed by atoms with Gasteiger partial charge in [0, 0.05) is 5.69 Å². The monoisotopic (exact) mass is 208 g/mol. The molecule has 5 nitrogen and oxygen atoms in total. The maximum Gasteiger partial charge on any atom is 0.323 e. The molecular formula is C10H12N2O3. The standard InChI is InChI=1S/C10H12N2O3/c1-7-2-4-8(5-3-7)12(10(11)15)6-9(13)14/h2-5H,6H2,1H3,(H2,11,15)(H,13,14). The van der Waals surface area contributed by atoms with Crippen LogP contribution in [0.1, 0.15) is 5.56 Å². The van der Waals surface area contributed by atoms with Crippen LogP contribution in [-0.4, -0.2) is 23.7 Å². The summed E-state index contributed by atoms with van der Waals surface area (Å²) in [6, 6.07) is 6.10. The first kappa shape index (κ1) is 11.0. The predicted molar refractivity (Wildman–Crippen MR) is 55.7 cm³/mol. The second kappa shape index (κ2) is 4.45. The fourth-order valence-corrected chi connectivity index (χ4v) is 1.16. The minimum atomic E-state index is -1.10. The lowest BCUT2D eigenvalue weighted by molar-refractivity contribution is -0.135. The lowest BCUT2D eigenvalue weighted by Crippen LogP contribution is -2.39. The van der Waals surface area contributed by atoms with Crippen LogP contribution in [-0.2, 0) is 4.79 Å². The van der Waals surface area contributed by atoms with E-state index in [2.05, 4.69) is 0 Å². The van der Waals surface area contributed by atoms with Gasteiger partial charge in [0.15, 0.2) is 0 Å². The molecule has 0 saturated heterocycles. The number of benzene rings is 1. The Bertz CT molecular complexity index is 373. The molecule has 0 atom stereocenters. The molecular weight excluding hydrogens is 196 g/mol. The van der Waals surface area contributed by atoms with E-state index in [9.17, 15) is 9.59 Å². The summed E-state index contributed by atoms with van der Waals surface area (Å²) in [6.45, 7) is 1.47. The second-order valence-corrected chi connectivity index (χ2v) is 3.15. The molecule has 0 unspecified atom stereocenters. The first-order valence-electron chi connectivity index (χ1n) is 4.36. The topological polar surface area (TPSA) is 83.6 Å². The van der Waals surface area contributed by atoms with E-state index in [1.807, 2.05) is 6.92 Å². The summed E-state index contributed by atoms with van der Waals surface area (Å²) in [5.41, 5.74) is 6.59. The highest BCUT2D eigenvalue weighted by atomic mass is 16.4. The maximum atomic E-state index is 11.0. The van der Waals surface area contributed by atoms with Gasteiger partial charge in [-0.25, -0.2) is 4.79 Å². The highest BCUT2D eigenvalue weighted by Gasteiger charge is 2.15. The molecule has 0 aromatic heterocycles. The van der Waals surface area contributed by atoms with Crippen molar-refractivity contribution >= 4 is 17.7 Å². The number of carbonyl (C=O) groups is 2. The maximum absolute atomic E-state index is 11.0. The molecule has 0 radical (unpaired) electrons. The lowest BCUT2D eigenvalue weighted by atomic mass is 10.2. The number of aryl methyl sites for hydroxylation is 1. The molecule has 0 heterocycles. The van der Waals surface area contributed by atoms with Gasteiger partial charge in [-0.05, 0) is 19.1 Å². The Balaban J connectivity index is 2.94. The number of nitrogens with zero attached hydrogens (tertiary/aromatic N) is 1. The molecule has 0 aliphatic carbocycles. The van der Waals surface area contributed by atoms with E-state index in [-0.39, 0.29) is 0 Å². The van der Waals surface area contributed by atoms with Gasteiger partial charge in [0.2, 0.25) is 0 Å². The Morgan fingerprint density at radius 1 is 1.33 bits per heavy atom. The summed E-state index contributed by atoms with van der Waals surface area (Å²) in [4.78, 5) is 22.5. The minimum Gasteiger partial charge on any atom is -0.480 e. The number of nitrogens with two attached hydrogens (primary N) is 1. The van der Waals surface area contributed by atoms with Crippen molar-refractivity contribution in [3.8, 4) is 0 Å². The average molecular weight is 208 g/mol. The van der Waals surface area contributed by atoms with E-state index in [1.54, 1.807) is 24.3 Å². The highest BCUT2D eigenvalue weighted by Crippen LogP contribution is 2.14. The van der Waals surface area contributed by atoms with Crippen molar-refractivity contribution in [2.75, 3.05) is 11.4 Å².